The third-order valence-corrected chi connectivity index (χ3v) is 5.09. The molecule has 0 saturated carbocycles. The Labute approximate surface area is 156 Å². The first-order chi connectivity index (χ1) is 12.5. The van der Waals surface area contributed by atoms with E-state index in [9.17, 15) is 9.59 Å². The molecule has 2 amide bonds. The number of aryl methyl sites for hydroxylation is 2. The number of aromatic nitrogens is 4. The first-order valence-corrected chi connectivity index (χ1v) is 8.93. The first kappa shape index (κ1) is 17.9. The van der Waals surface area contributed by atoms with E-state index in [1.54, 1.807) is 32.0 Å². The smallest absolute Gasteiger partial charge is 0.269 e. The lowest BCUT2D eigenvalue weighted by Gasteiger charge is -2.13. The zero-order chi connectivity index (χ0) is 18.7. The van der Waals surface area contributed by atoms with Gasteiger partial charge in [-0.15, -0.1) is 10.2 Å². The van der Waals surface area contributed by atoms with Crippen molar-refractivity contribution in [2.24, 2.45) is 0 Å². The number of nitrogens with zero attached hydrogens (tertiary/aromatic N) is 4. The minimum absolute atomic E-state index is 0.353. The van der Waals surface area contributed by atoms with Gasteiger partial charge in [0.25, 0.3) is 11.8 Å². The molecule has 0 spiro atoms. The molecule has 26 heavy (non-hydrogen) atoms. The van der Waals surface area contributed by atoms with Gasteiger partial charge in [0.1, 0.15) is 15.5 Å². The van der Waals surface area contributed by atoms with Gasteiger partial charge in [-0.3, -0.25) is 9.59 Å². The van der Waals surface area contributed by atoms with E-state index in [-0.39, 0.29) is 11.8 Å². The van der Waals surface area contributed by atoms with Crippen molar-refractivity contribution in [2.45, 2.75) is 13.8 Å². The Morgan fingerprint density at radius 1 is 0.923 bits per heavy atom. The van der Waals surface area contributed by atoms with Gasteiger partial charge in [0.2, 0.25) is 0 Å². The highest BCUT2D eigenvalue weighted by atomic mass is 32.1. The Bertz CT molecular complexity index is 968. The quantitative estimate of drug-likeness (QED) is 0.687. The van der Waals surface area contributed by atoms with Crippen LogP contribution in [0.3, 0.4) is 0 Å². The fourth-order valence-corrected chi connectivity index (χ4v) is 3.20. The van der Waals surface area contributed by atoms with Crippen molar-refractivity contribution in [1.82, 2.24) is 19.2 Å². The average molecular weight is 390 g/mol. The number of carbonyl (C=O) groups excluding carboxylic acids is 2. The second-order valence-corrected chi connectivity index (χ2v) is 6.70. The van der Waals surface area contributed by atoms with Crippen LogP contribution in [0.25, 0.3) is 0 Å². The standard InChI is InChI=1S/C15H14N6O3S2/c1-7-12(25-20-18-7)14(22)16-10-5-4-9(24-3)6-11(10)17-15(23)13-8(2)19-21-26-13/h4-6H,1-3H3,(H,16,22)(H,17,23). The Morgan fingerprint density at radius 3 is 1.92 bits per heavy atom. The van der Waals surface area contributed by atoms with E-state index in [0.29, 0.717) is 38.3 Å². The molecular formula is C15H14N6O3S2. The van der Waals surface area contributed by atoms with Crippen LogP contribution in [0.4, 0.5) is 11.4 Å². The van der Waals surface area contributed by atoms with E-state index in [0.717, 1.165) is 23.1 Å². The maximum Gasteiger partial charge on any atom is 0.269 e. The van der Waals surface area contributed by atoms with Crippen molar-refractivity contribution in [2.75, 3.05) is 17.7 Å². The van der Waals surface area contributed by atoms with E-state index < -0.39 is 0 Å². The molecule has 2 heterocycles. The maximum atomic E-state index is 12.5. The van der Waals surface area contributed by atoms with Gasteiger partial charge in [-0.2, -0.15) is 0 Å². The predicted octanol–water partition coefficient (Wildman–Crippen LogP) is 2.52. The monoisotopic (exact) mass is 390 g/mol. The van der Waals surface area contributed by atoms with Crippen molar-refractivity contribution in [3.8, 4) is 5.75 Å². The van der Waals surface area contributed by atoms with Crippen LogP contribution in [0.15, 0.2) is 18.2 Å². The summed E-state index contributed by atoms with van der Waals surface area (Å²) in [6.07, 6.45) is 0. The lowest BCUT2D eigenvalue weighted by atomic mass is 10.2. The fourth-order valence-electron chi connectivity index (χ4n) is 2.10. The number of hydrogen-bond acceptors (Lipinski definition) is 9. The maximum absolute atomic E-state index is 12.5. The van der Waals surface area contributed by atoms with Gasteiger partial charge in [0.15, 0.2) is 0 Å². The topological polar surface area (TPSA) is 119 Å². The molecular weight excluding hydrogens is 376 g/mol. The Hall–Kier alpha value is -2.92. The molecule has 2 aromatic heterocycles. The SMILES string of the molecule is COc1ccc(NC(=O)c2snnc2C)c(NC(=O)c2snnc2C)c1. The van der Waals surface area contributed by atoms with Crippen LogP contribution in [-0.2, 0) is 0 Å². The molecule has 2 N–H and O–H groups in total. The van der Waals surface area contributed by atoms with Crippen molar-refractivity contribution in [1.29, 1.82) is 0 Å². The van der Waals surface area contributed by atoms with E-state index in [1.807, 2.05) is 0 Å². The molecule has 3 rings (SSSR count). The van der Waals surface area contributed by atoms with Gasteiger partial charge in [0.05, 0.1) is 29.9 Å². The Kier molecular flexibility index (Phi) is 5.19. The number of benzene rings is 1. The molecule has 0 radical (unpaired) electrons. The van der Waals surface area contributed by atoms with Crippen LogP contribution in [0, 0.1) is 13.8 Å². The van der Waals surface area contributed by atoms with Gasteiger partial charge in [-0.25, -0.2) is 0 Å². The van der Waals surface area contributed by atoms with Crippen molar-refractivity contribution < 1.29 is 14.3 Å². The van der Waals surface area contributed by atoms with Gasteiger partial charge in [-0.05, 0) is 49.0 Å². The highest BCUT2D eigenvalue weighted by molar-refractivity contribution is 7.08. The summed E-state index contributed by atoms with van der Waals surface area (Å²) in [6, 6.07) is 4.95. The number of hydrogen-bond donors (Lipinski definition) is 2. The minimum Gasteiger partial charge on any atom is -0.497 e. The van der Waals surface area contributed by atoms with Gasteiger partial charge < -0.3 is 15.4 Å². The number of methoxy groups -OCH3 is 1. The zero-order valence-electron chi connectivity index (χ0n) is 14.1. The molecule has 0 aliphatic rings. The molecule has 11 heteroatoms. The van der Waals surface area contributed by atoms with E-state index in [4.69, 9.17) is 4.74 Å². The lowest BCUT2D eigenvalue weighted by molar-refractivity contribution is 0.101. The van der Waals surface area contributed by atoms with Gasteiger partial charge in [0, 0.05) is 6.07 Å². The van der Waals surface area contributed by atoms with E-state index >= 15 is 0 Å². The number of amides is 2. The molecule has 9 nitrogen and oxygen atoms in total. The molecule has 3 aromatic rings. The minimum atomic E-state index is -0.364. The summed E-state index contributed by atoms with van der Waals surface area (Å²) in [4.78, 5) is 25.7. The number of ether oxygens (including phenoxy) is 1. The molecule has 1 aromatic carbocycles. The first-order valence-electron chi connectivity index (χ1n) is 7.38. The summed E-state index contributed by atoms with van der Waals surface area (Å²) < 4.78 is 12.7. The molecule has 0 fully saturated rings. The number of anilines is 2. The zero-order valence-corrected chi connectivity index (χ0v) is 15.7. The second-order valence-electron chi connectivity index (χ2n) is 5.19. The molecule has 0 aliphatic heterocycles. The molecule has 0 aliphatic carbocycles. The van der Waals surface area contributed by atoms with Crippen molar-refractivity contribution >= 4 is 46.3 Å². The van der Waals surface area contributed by atoms with Crippen LogP contribution in [0.2, 0.25) is 0 Å². The summed E-state index contributed by atoms with van der Waals surface area (Å²) in [5.74, 6) is -0.182. The summed E-state index contributed by atoms with van der Waals surface area (Å²) in [5, 5.41) is 13.2. The van der Waals surface area contributed by atoms with Crippen LogP contribution in [0.5, 0.6) is 5.75 Å². The molecule has 0 saturated heterocycles. The predicted molar refractivity (Wildman–Crippen MR) is 98.2 cm³/mol. The highest BCUT2D eigenvalue weighted by Gasteiger charge is 2.18. The third-order valence-electron chi connectivity index (χ3n) is 3.44. The van der Waals surface area contributed by atoms with E-state index in [1.165, 1.54) is 7.11 Å². The summed E-state index contributed by atoms with van der Waals surface area (Å²) in [5.41, 5.74) is 1.89. The Morgan fingerprint density at radius 2 is 1.46 bits per heavy atom. The lowest BCUT2D eigenvalue weighted by Crippen LogP contribution is -2.16. The van der Waals surface area contributed by atoms with Crippen LogP contribution >= 0.6 is 23.1 Å². The molecule has 0 unspecified atom stereocenters. The number of carbonyl (C=O) groups is 2. The fraction of sp³-hybridized carbons (Fsp3) is 0.200. The number of nitrogens with one attached hydrogen (secondary N) is 2. The molecule has 0 bridgehead atoms. The van der Waals surface area contributed by atoms with E-state index in [2.05, 4.69) is 29.8 Å². The summed E-state index contributed by atoms with van der Waals surface area (Å²) >= 11 is 2.00. The van der Waals surface area contributed by atoms with Crippen LogP contribution in [-0.4, -0.2) is 38.1 Å². The summed E-state index contributed by atoms with van der Waals surface area (Å²) in [7, 11) is 1.52. The summed E-state index contributed by atoms with van der Waals surface area (Å²) in [6.45, 7) is 3.40. The van der Waals surface area contributed by atoms with Crippen molar-refractivity contribution in [3.63, 3.8) is 0 Å². The Balaban J connectivity index is 1.88. The van der Waals surface area contributed by atoms with Crippen LogP contribution < -0.4 is 15.4 Å². The largest absolute Gasteiger partial charge is 0.497 e. The molecule has 134 valence electrons. The van der Waals surface area contributed by atoms with Crippen molar-refractivity contribution in [3.05, 3.63) is 39.3 Å². The highest BCUT2D eigenvalue weighted by Crippen LogP contribution is 2.29. The third kappa shape index (κ3) is 3.68. The normalized spacial score (nSPS) is 10.4. The number of rotatable bonds is 5. The van der Waals surface area contributed by atoms with Crippen LogP contribution in [0.1, 0.15) is 30.7 Å². The van der Waals surface area contributed by atoms with Gasteiger partial charge >= 0.3 is 0 Å². The molecule has 0 atom stereocenters. The van der Waals surface area contributed by atoms with Gasteiger partial charge in [-0.1, -0.05) is 8.98 Å². The average Bonchev–Trinajstić information content (AvgIpc) is 3.24. The second kappa shape index (κ2) is 7.54.